The number of hydroxylamine groups is 2. The van der Waals surface area contributed by atoms with Gasteiger partial charge in [-0.2, -0.15) is 0 Å². The number of nitrogens with zero attached hydrogens (tertiary/aromatic N) is 3. The molecule has 0 N–H and O–H groups in total. The van der Waals surface area contributed by atoms with Crippen LogP contribution in [0.3, 0.4) is 0 Å². The molecule has 1 heterocycles. The molecule has 1 fully saturated rings. The maximum Gasteiger partial charge on any atom is 0.330 e. The molecule has 0 radical (unpaired) electrons. The first-order valence-electron chi connectivity index (χ1n) is 12.2. The summed E-state index contributed by atoms with van der Waals surface area (Å²) in [6.45, 7) is 8.07. The fraction of sp³-hybridized carbons (Fsp3) is 0.345. The summed E-state index contributed by atoms with van der Waals surface area (Å²) in [5.41, 5.74) is 1.79. The molecule has 0 aromatic heterocycles. The van der Waals surface area contributed by atoms with Gasteiger partial charge in [-0.05, 0) is 44.0 Å². The molecule has 0 saturated carbocycles. The molecule has 3 aromatic rings. The summed E-state index contributed by atoms with van der Waals surface area (Å²) in [5, 5.41) is 1.62. The van der Waals surface area contributed by atoms with E-state index in [0.29, 0.717) is 45.0 Å². The van der Waals surface area contributed by atoms with E-state index >= 15 is 8.78 Å². The van der Waals surface area contributed by atoms with Crippen LogP contribution in [0, 0.1) is 17.0 Å². The van der Waals surface area contributed by atoms with E-state index in [2.05, 4.69) is 0 Å². The smallest absolute Gasteiger partial charge is 0.330 e. The average molecular weight is 494 g/mol. The highest BCUT2D eigenvalue weighted by Gasteiger charge is 2.28. The molecule has 1 aliphatic rings. The van der Waals surface area contributed by atoms with E-state index in [-0.39, 0.29) is 11.7 Å². The number of benzene rings is 3. The third-order valence-corrected chi connectivity index (χ3v) is 6.18. The van der Waals surface area contributed by atoms with Crippen molar-refractivity contribution in [2.45, 2.75) is 33.9 Å². The Morgan fingerprint density at radius 2 is 1.31 bits per heavy atom. The maximum absolute atomic E-state index is 15.5. The van der Waals surface area contributed by atoms with E-state index in [1.54, 1.807) is 30.7 Å². The lowest BCUT2D eigenvalue weighted by molar-refractivity contribution is -0.201. The van der Waals surface area contributed by atoms with E-state index in [0.717, 1.165) is 11.1 Å². The Hall–Kier alpha value is -3.45. The molecule has 1 saturated heterocycles. The topological polar surface area (TPSA) is 36.0 Å². The third kappa shape index (κ3) is 6.40. The van der Waals surface area contributed by atoms with Crippen LogP contribution in [0.1, 0.15) is 31.9 Å². The molecule has 0 spiro atoms. The largest absolute Gasteiger partial charge is 0.369 e. The molecule has 0 aliphatic carbocycles. The van der Waals surface area contributed by atoms with Crippen LogP contribution >= 0.6 is 0 Å². The van der Waals surface area contributed by atoms with Crippen LogP contribution in [0.25, 0.3) is 0 Å². The molecule has 0 unspecified atom stereocenters. The van der Waals surface area contributed by atoms with Gasteiger partial charge in [-0.3, -0.25) is 0 Å². The van der Waals surface area contributed by atoms with Crippen LogP contribution in [-0.4, -0.2) is 37.2 Å². The zero-order valence-corrected chi connectivity index (χ0v) is 21.1. The van der Waals surface area contributed by atoms with Gasteiger partial charge in [-0.15, -0.1) is 5.06 Å². The van der Waals surface area contributed by atoms with Crippen LogP contribution in [0.4, 0.5) is 20.2 Å². The van der Waals surface area contributed by atoms with Crippen molar-refractivity contribution >= 4 is 17.3 Å². The summed E-state index contributed by atoms with van der Waals surface area (Å²) in [6, 6.07) is 22.1. The normalized spacial score (nSPS) is 14.5. The molecule has 5 nitrogen and oxygen atoms in total. The monoisotopic (exact) mass is 493 g/mol. The zero-order chi connectivity index (χ0) is 25.7. The van der Waals surface area contributed by atoms with Gasteiger partial charge in [0.15, 0.2) is 11.6 Å². The molecule has 0 amide bonds. The second kappa shape index (κ2) is 11.1. The number of carbonyl (C=O) groups is 1. The number of hydrogen-bond donors (Lipinski definition) is 0. The standard InChI is InChI=1S/C29H33F2N3O2/c1-29(2,3)28(35)36-34-16-14-32(15-17-34)24-18-25(30)27(26(31)19-24)33(20-22-10-6-4-7-11-22)21-23-12-8-5-9-13-23/h4-13,18-19H,14-17,20-21H2,1-3H3. The van der Waals surface area contributed by atoms with Crippen molar-refractivity contribution in [3.05, 3.63) is 95.6 Å². The predicted molar refractivity (Wildman–Crippen MR) is 138 cm³/mol. The summed E-state index contributed by atoms with van der Waals surface area (Å²) in [7, 11) is 0. The highest BCUT2D eigenvalue weighted by Crippen LogP contribution is 2.32. The lowest BCUT2D eigenvalue weighted by atomic mass is 9.98. The molecule has 7 heteroatoms. The van der Waals surface area contributed by atoms with Gasteiger partial charge in [0.2, 0.25) is 0 Å². The van der Waals surface area contributed by atoms with E-state index in [4.69, 9.17) is 4.84 Å². The minimum absolute atomic E-state index is 0.0378. The Kier molecular flexibility index (Phi) is 7.89. The highest BCUT2D eigenvalue weighted by molar-refractivity contribution is 5.75. The lowest BCUT2D eigenvalue weighted by Gasteiger charge is -2.36. The minimum atomic E-state index is -0.599. The first-order valence-corrected chi connectivity index (χ1v) is 12.2. The van der Waals surface area contributed by atoms with Crippen molar-refractivity contribution in [3.8, 4) is 0 Å². The van der Waals surface area contributed by atoms with Gasteiger partial charge < -0.3 is 14.6 Å². The highest BCUT2D eigenvalue weighted by atomic mass is 19.1. The van der Waals surface area contributed by atoms with Gasteiger partial charge in [0.1, 0.15) is 5.69 Å². The van der Waals surface area contributed by atoms with Crippen molar-refractivity contribution in [2.75, 3.05) is 36.0 Å². The van der Waals surface area contributed by atoms with Crippen LogP contribution in [0.5, 0.6) is 0 Å². The number of halogens is 2. The fourth-order valence-electron chi connectivity index (χ4n) is 4.15. The molecular formula is C29H33F2N3O2. The van der Waals surface area contributed by atoms with Gasteiger partial charge in [0, 0.05) is 31.9 Å². The summed E-state index contributed by atoms with van der Waals surface area (Å²) >= 11 is 0. The predicted octanol–water partition coefficient (Wildman–Crippen LogP) is 5.80. The fourth-order valence-corrected chi connectivity index (χ4v) is 4.15. The Labute approximate surface area is 211 Å². The Morgan fingerprint density at radius 3 is 1.75 bits per heavy atom. The summed E-state index contributed by atoms with van der Waals surface area (Å²) in [6.07, 6.45) is 0. The van der Waals surface area contributed by atoms with Crippen LogP contribution in [0.2, 0.25) is 0 Å². The Bertz CT molecular complexity index is 1090. The van der Waals surface area contributed by atoms with Crippen molar-refractivity contribution in [2.24, 2.45) is 5.41 Å². The van der Waals surface area contributed by atoms with Crippen molar-refractivity contribution < 1.29 is 18.4 Å². The first kappa shape index (κ1) is 25.6. The van der Waals surface area contributed by atoms with E-state index in [1.807, 2.05) is 65.6 Å². The number of rotatable bonds is 7. The molecule has 4 rings (SSSR count). The second-order valence-electron chi connectivity index (χ2n) is 10.1. The number of anilines is 2. The Morgan fingerprint density at radius 1 is 0.833 bits per heavy atom. The van der Waals surface area contributed by atoms with E-state index in [1.165, 1.54) is 12.1 Å². The van der Waals surface area contributed by atoms with Gasteiger partial charge in [-0.25, -0.2) is 13.6 Å². The van der Waals surface area contributed by atoms with Crippen molar-refractivity contribution in [3.63, 3.8) is 0 Å². The number of piperazine rings is 1. The molecule has 0 atom stereocenters. The number of carbonyl (C=O) groups excluding carboxylic acids is 1. The van der Waals surface area contributed by atoms with Crippen LogP contribution in [-0.2, 0) is 22.7 Å². The molecule has 1 aliphatic heterocycles. The summed E-state index contributed by atoms with van der Waals surface area (Å²) < 4.78 is 31.0. The molecular weight excluding hydrogens is 460 g/mol. The van der Waals surface area contributed by atoms with Gasteiger partial charge in [0.25, 0.3) is 0 Å². The summed E-state index contributed by atoms with van der Waals surface area (Å²) in [5.74, 6) is -1.49. The average Bonchev–Trinajstić information content (AvgIpc) is 2.84. The van der Waals surface area contributed by atoms with Crippen molar-refractivity contribution in [1.29, 1.82) is 0 Å². The van der Waals surface area contributed by atoms with Crippen LogP contribution in [0.15, 0.2) is 72.8 Å². The van der Waals surface area contributed by atoms with Crippen molar-refractivity contribution in [1.82, 2.24) is 5.06 Å². The van der Waals surface area contributed by atoms with E-state index < -0.39 is 17.0 Å². The first-order chi connectivity index (χ1) is 17.2. The molecule has 3 aromatic carbocycles. The second-order valence-corrected chi connectivity index (χ2v) is 10.1. The minimum Gasteiger partial charge on any atom is -0.369 e. The molecule has 190 valence electrons. The molecule has 0 bridgehead atoms. The Balaban J connectivity index is 1.52. The van der Waals surface area contributed by atoms with Crippen LogP contribution < -0.4 is 9.80 Å². The summed E-state index contributed by atoms with van der Waals surface area (Å²) in [4.78, 5) is 21.3. The quantitative estimate of drug-likeness (QED) is 0.416. The number of hydrogen-bond acceptors (Lipinski definition) is 5. The third-order valence-electron chi connectivity index (χ3n) is 6.18. The molecule has 36 heavy (non-hydrogen) atoms. The SMILES string of the molecule is CC(C)(C)C(=O)ON1CCN(c2cc(F)c(N(Cc3ccccc3)Cc3ccccc3)c(F)c2)CC1. The van der Waals surface area contributed by atoms with Gasteiger partial charge in [0.05, 0.1) is 18.5 Å². The zero-order valence-electron chi connectivity index (χ0n) is 21.1. The van der Waals surface area contributed by atoms with E-state index in [9.17, 15) is 4.79 Å². The lowest BCUT2D eigenvalue weighted by Crippen LogP contribution is -2.48. The van der Waals surface area contributed by atoms with Gasteiger partial charge >= 0.3 is 5.97 Å². The van der Waals surface area contributed by atoms with Gasteiger partial charge in [-0.1, -0.05) is 60.7 Å². The maximum atomic E-state index is 15.5.